The van der Waals surface area contributed by atoms with Crippen LogP contribution in [0.2, 0.25) is 0 Å². The van der Waals surface area contributed by atoms with E-state index >= 15 is 0 Å². The number of piperidine rings is 2. The van der Waals surface area contributed by atoms with E-state index in [0.29, 0.717) is 5.41 Å². The Hall–Kier alpha value is -2.65. The van der Waals surface area contributed by atoms with Crippen molar-refractivity contribution in [1.29, 1.82) is 0 Å². The van der Waals surface area contributed by atoms with Crippen molar-refractivity contribution in [2.75, 3.05) is 44.8 Å². The van der Waals surface area contributed by atoms with Gasteiger partial charge in [-0.2, -0.15) is 5.10 Å². The molecule has 1 N–H and O–H groups in total. The van der Waals surface area contributed by atoms with Gasteiger partial charge in [0.25, 0.3) is 0 Å². The molecule has 1 spiro atoms. The fraction of sp³-hybridized carbons (Fsp3) is 0.625. The van der Waals surface area contributed by atoms with E-state index in [2.05, 4.69) is 28.7 Å². The van der Waals surface area contributed by atoms with Crippen molar-refractivity contribution in [3.05, 3.63) is 34.6 Å². The van der Waals surface area contributed by atoms with Crippen LogP contribution in [0.5, 0.6) is 5.75 Å². The maximum atomic E-state index is 11.6. The van der Waals surface area contributed by atoms with Crippen LogP contribution in [0.25, 0.3) is 11.1 Å². The molecular formula is C24H35N5O4. The zero-order chi connectivity index (χ0) is 23.8. The van der Waals surface area contributed by atoms with E-state index in [9.17, 15) is 15.2 Å². The molecule has 33 heavy (non-hydrogen) atoms. The number of aryl methyl sites for hydroxylation is 1. The number of aromatic nitrogens is 2. The van der Waals surface area contributed by atoms with Gasteiger partial charge in [0.15, 0.2) is 5.75 Å². The number of rotatable bonds is 6. The standard InChI is InChI=1S/C24H35N5O4/c1-23(2,17-30)28-11-7-24(8-12-28)5-9-27(10-6-24)20-14-22(33-4)21(29(31)32)13-19(20)18-15-25-26(3)16-18/h13-16,30H,5-12,17H2,1-4H3. The first kappa shape index (κ1) is 23.5. The third-order valence-electron chi connectivity index (χ3n) is 7.74. The van der Waals surface area contributed by atoms with Crippen molar-refractivity contribution in [3.8, 4) is 16.9 Å². The van der Waals surface area contributed by atoms with Crippen LogP contribution in [-0.4, -0.2) is 70.1 Å². The van der Waals surface area contributed by atoms with E-state index in [1.165, 1.54) is 7.11 Å². The highest BCUT2D eigenvalue weighted by Gasteiger charge is 2.41. The van der Waals surface area contributed by atoms with Crippen LogP contribution in [0, 0.1) is 15.5 Å². The minimum Gasteiger partial charge on any atom is -0.490 e. The Morgan fingerprint density at radius 2 is 1.82 bits per heavy atom. The monoisotopic (exact) mass is 457 g/mol. The average Bonchev–Trinajstić information content (AvgIpc) is 3.25. The topological polar surface area (TPSA) is 96.9 Å². The first-order chi connectivity index (χ1) is 15.7. The van der Waals surface area contributed by atoms with E-state index in [1.54, 1.807) is 16.9 Å². The summed E-state index contributed by atoms with van der Waals surface area (Å²) in [6, 6.07) is 3.43. The summed E-state index contributed by atoms with van der Waals surface area (Å²) in [5, 5.41) is 25.6. The highest BCUT2D eigenvalue weighted by molar-refractivity contribution is 5.82. The van der Waals surface area contributed by atoms with Gasteiger partial charge in [0, 0.05) is 60.8 Å². The maximum absolute atomic E-state index is 11.6. The number of anilines is 1. The summed E-state index contributed by atoms with van der Waals surface area (Å²) in [6.45, 7) is 8.22. The van der Waals surface area contributed by atoms with E-state index in [4.69, 9.17) is 4.74 Å². The Morgan fingerprint density at radius 3 is 2.33 bits per heavy atom. The smallest absolute Gasteiger partial charge is 0.311 e. The zero-order valence-corrected chi connectivity index (χ0v) is 20.1. The average molecular weight is 458 g/mol. The number of benzene rings is 1. The van der Waals surface area contributed by atoms with Gasteiger partial charge in [-0.3, -0.25) is 19.7 Å². The van der Waals surface area contributed by atoms with Crippen molar-refractivity contribution in [3.63, 3.8) is 0 Å². The van der Waals surface area contributed by atoms with Crippen LogP contribution in [0.1, 0.15) is 39.5 Å². The lowest BCUT2D eigenvalue weighted by Gasteiger charge is -2.50. The number of ether oxygens (including phenoxy) is 1. The predicted octanol–water partition coefficient (Wildman–Crippen LogP) is 3.46. The van der Waals surface area contributed by atoms with Crippen LogP contribution >= 0.6 is 0 Å². The first-order valence-electron chi connectivity index (χ1n) is 11.6. The van der Waals surface area contributed by atoms with Crippen LogP contribution < -0.4 is 9.64 Å². The van der Waals surface area contributed by atoms with Gasteiger partial charge < -0.3 is 14.7 Å². The number of nitrogens with zero attached hydrogens (tertiary/aromatic N) is 5. The molecule has 3 heterocycles. The van der Waals surface area contributed by atoms with Crippen LogP contribution in [0.4, 0.5) is 11.4 Å². The molecule has 0 unspecified atom stereocenters. The summed E-state index contributed by atoms with van der Waals surface area (Å²) >= 11 is 0. The summed E-state index contributed by atoms with van der Waals surface area (Å²) in [5.41, 5.74) is 2.75. The number of hydrogen-bond donors (Lipinski definition) is 1. The van der Waals surface area contributed by atoms with Crippen molar-refractivity contribution >= 4 is 11.4 Å². The molecule has 2 aliphatic rings. The number of hydrogen-bond acceptors (Lipinski definition) is 7. The molecule has 0 atom stereocenters. The van der Waals surface area contributed by atoms with Gasteiger partial charge in [-0.05, 0) is 58.0 Å². The number of nitro groups is 1. The number of aliphatic hydroxyl groups excluding tert-OH is 1. The highest BCUT2D eigenvalue weighted by Crippen LogP contribution is 2.46. The van der Waals surface area contributed by atoms with E-state index in [0.717, 1.165) is 68.7 Å². The summed E-state index contributed by atoms with van der Waals surface area (Å²) < 4.78 is 7.09. The molecule has 2 aromatic rings. The molecule has 0 amide bonds. The van der Waals surface area contributed by atoms with Gasteiger partial charge in [0.05, 0.1) is 24.8 Å². The molecule has 9 heteroatoms. The third kappa shape index (κ3) is 4.56. The van der Waals surface area contributed by atoms with E-state index < -0.39 is 4.92 Å². The molecule has 0 radical (unpaired) electrons. The van der Waals surface area contributed by atoms with Crippen LogP contribution in [-0.2, 0) is 7.05 Å². The Morgan fingerprint density at radius 1 is 1.18 bits per heavy atom. The molecule has 1 aromatic carbocycles. The molecule has 2 fully saturated rings. The molecule has 9 nitrogen and oxygen atoms in total. The molecule has 0 aliphatic carbocycles. The van der Waals surface area contributed by atoms with Crippen molar-refractivity contribution in [2.45, 2.75) is 45.1 Å². The van der Waals surface area contributed by atoms with Crippen molar-refractivity contribution < 1.29 is 14.8 Å². The molecule has 1 aromatic heterocycles. The molecule has 0 bridgehead atoms. The Kier molecular flexibility index (Phi) is 6.37. The number of likely N-dealkylation sites (tertiary alicyclic amines) is 1. The zero-order valence-electron chi connectivity index (χ0n) is 20.1. The van der Waals surface area contributed by atoms with E-state index in [1.807, 2.05) is 19.3 Å². The molecule has 4 rings (SSSR count). The van der Waals surface area contributed by atoms with Gasteiger partial charge in [-0.1, -0.05) is 0 Å². The normalized spacial score (nSPS) is 19.1. The third-order valence-corrected chi connectivity index (χ3v) is 7.74. The lowest BCUT2D eigenvalue weighted by molar-refractivity contribution is -0.385. The second kappa shape index (κ2) is 8.95. The fourth-order valence-electron chi connectivity index (χ4n) is 5.33. The summed E-state index contributed by atoms with van der Waals surface area (Å²) in [6.07, 6.45) is 8.10. The SMILES string of the molecule is COc1cc(N2CCC3(CC2)CCN(C(C)(C)CO)CC3)c(-c2cnn(C)c2)cc1[N+](=O)[O-]. The van der Waals surface area contributed by atoms with Crippen LogP contribution in [0.3, 0.4) is 0 Å². The minimum atomic E-state index is -0.394. The molecule has 2 saturated heterocycles. The largest absolute Gasteiger partial charge is 0.490 e. The lowest BCUT2D eigenvalue weighted by Crippen LogP contribution is -2.54. The predicted molar refractivity (Wildman–Crippen MR) is 128 cm³/mol. The first-order valence-corrected chi connectivity index (χ1v) is 11.6. The van der Waals surface area contributed by atoms with E-state index in [-0.39, 0.29) is 23.6 Å². The lowest BCUT2D eigenvalue weighted by atomic mass is 9.70. The Labute approximate surface area is 195 Å². The van der Waals surface area contributed by atoms with Gasteiger partial charge in [-0.15, -0.1) is 0 Å². The number of nitro benzene ring substituents is 1. The number of aliphatic hydroxyl groups is 1. The van der Waals surface area contributed by atoms with Crippen molar-refractivity contribution in [2.24, 2.45) is 12.5 Å². The van der Waals surface area contributed by atoms with Crippen molar-refractivity contribution in [1.82, 2.24) is 14.7 Å². The van der Waals surface area contributed by atoms with Gasteiger partial charge in [-0.25, -0.2) is 0 Å². The van der Waals surface area contributed by atoms with Gasteiger partial charge in [0.2, 0.25) is 0 Å². The fourth-order valence-corrected chi connectivity index (χ4v) is 5.33. The van der Waals surface area contributed by atoms with Crippen LogP contribution in [0.15, 0.2) is 24.5 Å². The number of methoxy groups -OCH3 is 1. The molecule has 0 saturated carbocycles. The molecule has 180 valence electrons. The highest BCUT2D eigenvalue weighted by atomic mass is 16.6. The summed E-state index contributed by atoms with van der Waals surface area (Å²) in [4.78, 5) is 16.0. The minimum absolute atomic E-state index is 0.0348. The second-order valence-corrected chi connectivity index (χ2v) is 10.1. The second-order valence-electron chi connectivity index (χ2n) is 10.1. The Balaban J connectivity index is 1.56. The molecule has 2 aliphatic heterocycles. The quantitative estimate of drug-likeness (QED) is 0.524. The summed E-state index contributed by atoms with van der Waals surface area (Å²) in [7, 11) is 3.32. The van der Waals surface area contributed by atoms with Gasteiger partial charge >= 0.3 is 5.69 Å². The summed E-state index contributed by atoms with van der Waals surface area (Å²) in [5.74, 6) is 0.280. The van der Waals surface area contributed by atoms with Gasteiger partial charge in [0.1, 0.15) is 0 Å². The maximum Gasteiger partial charge on any atom is 0.311 e. The Bertz CT molecular complexity index is 1000. The molecular weight excluding hydrogens is 422 g/mol.